The van der Waals surface area contributed by atoms with Gasteiger partial charge >= 0.3 is 0 Å². The molecule has 30 heavy (non-hydrogen) atoms. The summed E-state index contributed by atoms with van der Waals surface area (Å²) < 4.78 is 1.50. The molecule has 2 N–H and O–H groups in total. The van der Waals surface area contributed by atoms with E-state index in [0.717, 1.165) is 16.8 Å². The summed E-state index contributed by atoms with van der Waals surface area (Å²) in [6.45, 7) is 3.77. The summed E-state index contributed by atoms with van der Waals surface area (Å²) in [5.74, 6) is 0.474. The Labute approximate surface area is 182 Å². The van der Waals surface area contributed by atoms with Gasteiger partial charge in [-0.2, -0.15) is 5.10 Å². The van der Waals surface area contributed by atoms with Crippen LogP contribution in [0.3, 0.4) is 0 Å². The van der Waals surface area contributed by atoms with Crippen LogP contribution in [-0.2, 0) is 6.42 Å². The number of pyridine rings is 1. The maximum Gasteiger partial charge on any atom is 0.296 e. The summed E-state index contributed by atoms with van der Waals surface area (Å²) in [5, 5.41) is 15.1. The lowest BCUT2D eigenvalue weighted by Crippen LogP contribution is -2.15. The lowest BCUT2D eigenvalue weighted by Gasteiger charge is -2.08. The maximum absolute atomic E-state index is 12.8. The first-order chi connectivity index (χ1) is 14.5. The predicted molar refractivity (Wildman–Crippen MR) is 115 cm³/mol. The highest BCUT2D eigenvalue weighted by molar-refractivity contribution is 6.37. The first-order valence-corrected chi connectivity index (χ1v) is 9.92. The van der Waals surface area contributed by atoms with E-state index >= 15 is 0 Å². The molecule has 0 atom stereocenters. The molecule has 0 aliphatic rings. The topological polar surface area (TPSA) is 101 Å². The van der Waals surface area contributed by atoms with Crippen molar-refractivity contribution < 1.29 is 4.79 Å². The van der Waals surface area contributed by atoms with E-state index in [4.69, 9.17) is 23.2 Å². The van der Waals surface area contributed by atoms with Crippen molar-refractivity contribution in [2.24, 2.45) is 0 Å². The number of benzene rings is 1. The smallest absolute Gasteiger partial charge is 0.296 e. The molecule has 0 radical (unpaired) electrons. The number of anilines is 1. The van der Waals surface area contributed by atoms with E-state index in [-0.39, 0.29) is 5.82 Å². The van der Waals surface area contributed by atoms with Crippen molar-refractivity contribution in [3.8, 4) is 16.9 Å². The molecule has 0 aliphatic heterocycles. The lowest BCUT2D eigenvalue weighted by molar-refractivity contribution is 0.101. The van der Waals surface area contributed by atoms with Crippen molar-refractivity contribution >= 4 is 34.9 Å². The third kappa shape index (κ3) is 3.67. The van der Waals surface area contributed by atoms with Gasteiger partial charge in [-0.25, -0.2) is 9.67 Å². The Hall–Kier alpha value is -3.23. The van der Waals surface area contributed by atoms with Crippen LogP contribution in [0, 0.1) is 6.92 Å². The average Bonchev–Trinajstić information content (AvgIpc) is 3.33. The van der Waals surface area contributed by atoms with Crippen LogP contribution in [0.25, 0.3) is 16.9 Å². The first kappa shape index (κ1) is 20.1. The fraction of sp³-hybridized carbons (Fsp3) is 0.150. The Balaban J connectivity index is 1.64. The highest BCUT2D eigenvalue weighted by Crippen LogP contribution is 2.29. The highest BCUT2D eigenvalue weighted by atomic mass is 35.5. The number of carbonyl (C=O) groups is 1. The number of H-pyrrole nitrogens is 1. The number of nitrogens with one attached hydrogen (secondary N) is 2. The molecule has 0 saturated heterocycles. The van der Waals surface area contributed by atoms with Gasteiger partial charge in [-0.15, -0.1) is 5.10 Å². The Morgan fingerprint density at radius 1 is 1.17 bits per heavy atom. The van der Waals surface area contributed by atoms with Crippen LogP contribution in [0.15, 0.2) is 42.7 Å². The van der Waals surface area contributed by atoms with Gasteiger partial charge < -0.3 is 5.32 Å². The largest absolute Gasteiger partial charge is 0.302 e. The van der Waals surface area contributed by atoms with E-state index in [2.05, 4.69) is 30.6 Å². The number of hydrogen-bond donors (Lipinski definition) is 2. The van der Waals surface area contributed by atoms with Gasteiger partial charge in [0.1, 0.15) is 11.5 Å². The van der Waals surface area contributed by atoms with E-state index in [1.54, 1.807) is 30.6 Å². The van der Waals surface area contributed by atoms with Gasteiger partial charge in [0.15, 0.2) is 5.82 Å². The zero-order valence-corrected chi connectivity index (χ0v) is 17.7. The SMILES string of the molecule is CCc1nc(C(=O)Nc2n[nH]c(-c3ccncc3)c2C)nn1-c1c(Cl)cccc1Cl. The van der Waals surface area contributed by atoms with Crippen molar-refractivity contribution in [2.45, 2.75) is 20.3 Å². The molecule has 3 aromatic heterocycles. The van der Waals surface area contributed by atoms with Gasteiger partial charge in [-0.1, -0.05) is 36.2 Å². The molecular formula is C20H17Cl2N7O. The lowest BCUT2D eigenvalue weighted by atomic mass is 10.1. The summed E-state index contributed by atoms with van der Waals surface area (Å²) in [6, 6.07) is 8.87. The Morgan fingerprint density at radius 2 is 1.87 bits per heavy atom. The van der Waals surface area contributed by atoms with E-state index in [9.17, 15) is 4.79 Å². The molecule has 1 amide bonds. The molecule has 1 aromatic carbocycles. The second-order valence-corrected chi connectivity index (χ2v) is 7.26. The van der Waals surface area contributed by atoms with Gasteiger partial charge in [-0.05, 0) is 31.2 Å². The van der Waals surface area contributed by atoms with E-state index < -0.39 is 5.91 Å². The van der Waals surface area contributed by atoms with E-state index in [1.165, 1.54) is 4.68 Å². The normalized spacial score (nSPS) is 10.9. The Morgan fingerprint density at radius 3 is 2.53 bits per heavy atom. The van der Waals surface area contributed by atoms with Crippen LogP contribution < -0.4 is 5.32 Å². The number of aromatic nitrogens is 6. The van der Waals surface area contributed by atoms with Crippen LogP contribution in [0.2, 0.25) is 10.0 Å². The second kappa shape index (κ2) is 8.25. The van der Waals surface area contributed by atoms with Crippen LogP contribution in [0.1, 0.15) is 28.9 Å². The number of nitrogens with zero attached hydrogens (tertiary/aromatic N) is 5. The number of rotatable bonds is 5. The number of amides is 1. The van der Waals surface area contributed by atoms with Crippen LogP contribution in [0.5, 0.6) is 0 Å². The number of carbonyl (C=O) groups excluding carboxylic acids is 1. The molecule has 0 spiro atoms. The number of aromatic amines is 1. The fourth-order valence-corrected chi connectivity index (χ4v) is 3.58. The number of aryl methyl sites for hydroxylation is 1. The molecule has 4 rings (SSSR count). The molecule has 0 aliphatic carbocycles. The molecule has 152 valence electrons. The van der Waals surface area contributed by atoms with Gasteiger partial charge in [0, 0.05) is 29.9 Å². The number of para-hydroxylation sites is 1. The second-order valence-electron chi connectivity index (χ2n) is 6.45. The minimum absolute atomic E-state index is 0.00398. The third-order valence-corrected chi connectivity index (χ3v) is 5.16. The monoisotopic (exact) mass is 441 g/mol. The molecule has 8 nitrogen and oxygen atoms in total. The highest BCUT2D eigenvalue weighted by Gasteiger charge is 2.21. The molecule has 4 aromatic rings. The van der Waals surface area contributed by atoms with E-state index in [0.29, 0.717) is 33.8 Å². The zero-order chi connectivity index (χ0) is 21.3. The summed E-state index contributed by atoms with van der Waals surface area (Å²) in [7, 11) is 0. The average molecular weight is 442 g/mol. The predicted octanol–water partition coefficient (Wildman–Crippen LogP) is 4.48. The first-order valence-electron chi connectivity index (χ1n) is 9.16. The zero-order valence-electron chi connectivity index (χ0n) is 16.1. The van der Waals surface area contributed by atoms with Crippen molar-refractivity contribution in [1.29, 1.82) is 0 Å². The van der Waals surface area contributed by atoms with Gasteiger partial charge in [0.05, 0.1) is 15.7 Å². The molecular weight excluding hydrogens is 425 g/mol. The minimum atomic E-state index is -0.484. The molecule has 0 fully saturated rings. The summed E-state index contributed by atoms with van der Waals surface area (Å²) in [6.07, 6.45) is 3.92. The van der Waals surface area contributed by atoms with Crippen LogP contribution in [-0.4, -0.2) is 35.9 Å². The summed E-state index contributed by atoms with van der Waals surface area (Å²) in [5.41, 5.74) is 2.99. The molecule has 10 heteroatoms. The Bertz CT molecular complexity index is 1200. The molecule has 0 unspecified atom stereocenters. The summed E-state index contributed by atoms with van der Waals surface area (Å²) >= 11 is 12.6. The standard InChI is InChI=1S/C20H17Cl2N7O/c1-3-15-24-19(28-29(15)17-13(21)5-4-6-14(17)22)20(30)25-18-11(2)16(26-27-18)12-7-9-23-10-8-12/h4-10H,3H2,1-2H3,(H2,25,26,27,30). The van der Waals surface area contributed by atoms with Gasteiger partial charge in [0.25, 0.3) is 5.91 Å². The van der Waals surface area contributed by atoms with Crippen molar-refractivity contribution in [3.63, 3.8) is 0 Å². The molecule has 3 heterocycles. The summed E-state index contributed by atoms with van der Waals surface area (Å²) in [4.78, 5) is 21.2. The van der Waals surface area contributed by atoms with Crippen LogP contribution >= 0.6 is 23.2 Å². The minimum Gasteiger partial charge on any atom is -0.302 e. The van der Waals surface area contributed by atoms with Crippen molar-refractivity contribution in [1.82, 2.24) is 29.9 Å². The molecule has 0 bridgehead atoms. The number of halogens is 2. The van der Waals surface area contributed by atoms with Gasteiger partial charge in [-0.3, -0.25) is 14.9 Å². The molecule has 0 saturated carbocycles. The van der Waals surface area contributed by atoms with Crippen molar-refractivity contribution in [3.05, 3.63) is 70.0 Å². The number of hydrogen-bond acceptors (Lipinski definition) is 5. The van der Waals surface area contributed by atoms with Crippen molar-refractivity contribution in [2.75, 3.05) is 5.32 Å². The van der Waals surface area contributed by atoms with Gasteiger partial charge in [0.2, 0.25) is 5.82 Å². The Kier molecular flexibility index (Phi) is 5.52. The van der Waals surface area contributed by atoms with E-state index in [1.807, 2.05) is 26.0 Å². The quantitative estimate of drug-likeness (QED) is 0.475. The third-order valence-electron chi connectivity index (χ3n) is 4.55. The van der Waals surface area contributed by atoms with Crippen LogP contribution in [0.4, 0.5) is 5.82 Å². The maximum atomic E-state index is 12.8. The fourth-order valence-electron chi connectivity index (χ4n) is 3.02.